The van der Waals surface area contributed by atoms with E-state index in [9.17, 15) is 9.59 Å². The Hall–Kier alpha value is -1.06. The molecule has 0 aliphatic rings. The van der Waals surface area contributed by atoms with Crippen LogP contribution < -0.4 is 5.32 Å². The van der Waals surface area contributed by atoms with Gasteiger partial charge in [-0.15, -0.1) is 0 Å². The van der Waals surface area contributed by atoms with Crippen LogP contribution in [0.25, 0.3) is 0 Å². The van der Waals surface area contributed by atoms with E-state index in [2.05, 4.69) is 5.32 Å². The first-order valence-electron chi connectivity index (χ1n) is 4.80. The van der Waals surface area contributed by atoms with Gasteiger partial charge in [-0.25, -0.2) is 4.79 Å². The highest BCUT2D eigenvalue weighted by atomic mass is 16.4. The molecule has 0 saturated carbocycles. The van der Waals surface area contributed by atoms with E-state index in [0.717, 1.165) is 6.42 Å². The molecule has 82 valence electrons. The predicted molar refractivity (Wildman–Crippen MR) is 53.9 cm³/mol. The summed E-state index contributed by atoms with van der Waals surface area (Å²) < 4.78 is 0. The van der Waals surface area contributed by atoms with E-state index in [-0.39, 0.29) is 5.91 Å². The first-order chi connectivity index (χ1) is 6.25. The van der Waals surface area contributed by atoms with Gasteiger partial charge >= 0.3 is 5.97 Å². The number of hydrogen-bond acceptors (Lipinski definition) is 2. The Balaban J connectivity index is 4.00. The molecule has 0 aliphatic heterocycles. The highest BCUT2D eigenvalue weighted by molar-refractivity contribution is 5.86. The number of carbonyl (C=O) groups is 2. The second-order valence-corrected chi connectivity index (χ2v) is 4.41. The summed E-state index contributed by atoms with van der Waals surface area (Å²) in [6.45, 7) is 7.00. The third-order valence-electron chi connectivity index (χ3n) is 1.94. The zero-order chi connectivity index (χ0) is 11.4. The van der Waals surface area contributed by atoms with Crippen LogP contribution in [0.15, 0.2) is 0 Å². The lowest BCUT2D eigenvalue weighted by molar-refractivity contribution is -0.146. The van der Waals surface area contributed by atoms with Crippen molar-refractivity contribution in [3.8, 4) is 0 Å². The van der Waals surface area contributed by atoms with Crippen molar-refractivity contribution >= 4 is 11.9 Å². The van der Waals surface area contributed by atoms with Crippen LogP contribution in [0.4, 0.5) is 0 Å². The Bertz CT molecular complexity index is 221. The van der Waals surface area contributed by atoms with Crippen molar-refractivity contribution in [3.05, 3.63) is 0 Å². The number of carbonyl (C=O) groups excluding carboxylic acids is 1. The van der Waals surface area contributed by atoms with Crippen LogP contribution in [0, 0.1) is 5.92 Å². The number of hydrogen-bond donors (Lipinski definition) is 2. The molecule has 0 aliphatic carbocycles. The average molecular weight is 201 g/mol. The SMILES string of the molecule is CC(C)CCC(=O)NC(C)(C)C(=O)O. The Morgan fingerprint density at radius 1 is 1.36 bits per heavy atom. The molecule has 0 unspecified atom stereocenters. The Morgan fingerprint density at radius 3 is 2.21 bits per heavy atom. The maximum absolute atomic E-state index is 11.3. The van der Waals surface area contributed by atoms with E-state index >= 15 is 0 Å². The van der Waals surface area contributed by atoms with Crippen LogP contribution in [0.1, 0.15) is 40.5 Å². The highest BCUT2D eigenvalue weighted by Crippen LogP contribution is 2.06. The molecule has 2 N–H and O–H groups in total. The fraction of sp³-hybridized carbons (Fsp3) is 0.800. The van der Waals surface area contributed by atoms with E-state index in [0.29, 0.717) is 12.3 Å². The van der Waals surface area contributed by atoms with E-state index < -0.39 is 11.5 Å². The maximum atomic E-state index is 11.3. The van der Waals surface area contributed by atoms with Crippen molar-refractivity contribution in [2.45, 2.75) is 46.1 Å². The minimum Gasteiger partial charge on any atom is -0.480 e. The van der Waals surface area contributed by atoms with E-state index in [4.69, 9.17) is 5.11 Å². The van der Waals surface area contributed by atoms with Gasteiger partial charge in [0, 0.05) is 6.42 Å². The monoisotopic (exact) mass is 201 g/mol. The lowest BCUT2D eigenvalue weighted by atomic mass is 10.0. The molecule has 0 radical (unpaired) electrons. The molecule has 0 heterocycles. The summed E-state index contributed by atoms with van der Waals surface area (Å²) in [7, 11) is 0. The number of nitrogens with one attached hydrogen (secondary N) is 1. The van der Waals surface area contributed by atoms with Gasteiger partial charge in [0.15, 0.2) is 0 Å². The lowest BCUT2D eigenvalue weighted by Crippen LogP contribution is -2.49. The van der Waals surface area contributed by atoms with Crippen LogP contribution in [0.3, 0.4) is 0 Å². The number of carboxylic acids is 1. The minimum atomic E-state index is -1.17. The molecule has 0 fully saturated rings. The van der Waals surface area contributed by atoms with Gasteiger partial charge in [0.05, 0.1) is 0 Å². The molecular weight excluding hydrogens is 182 g/mol. The quantitative estimate of drug-likeness (QED) is 0.706. The molecule has 0 aromatic heterocycles. The molecule has 0 atom stereocenters. The molecule has 1 amide bonds. The van der Waals surface area contributed by atoms with Crippen LogP contribution in [-0.2, 0) is 9.59 Å². The predicted octanol–water partition coefficient (Wildman–Crippen LogP) is 1.40. The average Bonchev–Trinajstić information content (AvgIpc) is 1.99. The molecule has 14 heavy (non-hydrogen) atoms. The van der Waals surface area contributed by atoms with E-state index in [1.807, 2.05) is 13.8 Å². The van der Waals surface area contributed by atoms with Crippen molar-refractivity contribution in [3.63, 3.8) is 0 Å². The number of aliphatic carboxylic acids is 1. The van der Waals surface area contributed by atoms with Gasteiger partial charge in [0.25, 0.3) is 0 Å². The second-order valence-electron chi connectivity index (χ2n) is 4.41. The molecule has 0 rings (SSSR count). The first-order valence-corrected chi connectivity index (χ1v) is 4.80. The van der Waals surface area contributed by atoms with Gasteiger partial charge in [-0.1, -0.05) is 13.8 Å². The number of amides is 1. The molecule has 0 saturated heterocycles. The van der Waals surface area contributed by atoms with Crippen molar-refractivity contribution in [2.24, 2.45) is 5.92 Å². The zero-order valence-corrected chi connectivity index (χ0v) is 9.26. The Morgan fingerprint density at radius 2 is 1.86 bits per heavy atom. The normalized spacial score (nSPS) is 11.5. The number of carboxylic acid groups (broad SMARTS) is 1. The molecule has 4 heteroatoms. The first kappa shape index (κ1) is 12.9. The largest absolute Gasteiger partial charge is 0.480 e. The van der Waals surface area contributed by atoms with Crippen molar-refractivity contribution in [1.82, 2.24) is 5.32 Å². The topological polar surface area (TPSA) is 66.4 Å². The third-order valence-corrected chi connectivity index (χ3v) is 1.94. The van der Waals surface area contributed by atoms with Crippen molar-refractivity contribution in [1.29, 1.82) is 0 Å². The van der Waals surface area contributed by atoms with E-state index in [1.54, 1.807) is 0 Å². The van der Waals surface area contributed by atoms with Crippen LogP contribution in [0.2, 0.25) is 0 Å². The summed E-state index contributed by atoms with van der Waals surface area (Å²) in [5, 5.41) is 11.2. The fourth-order valence-electron chi connectivity index (χ4n) is 0.884. The molecule has 0 aromatic rings. The smallest absolute Gasteiger partial charge is 0.328 e. The zero-order valence-electron chi connectivity index (χ0n) is 9.26. The minimum absolute atomic E-state index is 0.203. The Labute approximate surface area is 84.7 Å². The van der Waals surface area contributed by atoms with Gasteiger partial charge < -0.3 is 10.4 Å². The molecule has 0 aromatic carbocycles. The molecule has 0 spiro atoms. The Kier molecular flexibility index (Phi) is 4.60. The lowest BCUT2D eigenvalue weighted by Gasteiger charge is -2.21. The van der Waals surface area contributed by atoms with Crippen LogP contribution in [0.5, 0.6) is 0 Å². The van der Waals surface area contributed by atoms with Gasteiger partial charge in [-0.2, -0.15) is 0 Å². The van der Waals surface area contributed by atoms with Gasteiger partial charge in [0.1, 0.15) is 5.54 Å². The number of rotatable bonds is 5. The van der Waals surface area contributed by atoms with Crippen LogP contribution >= 0.6 is 0 Å². The fourth-order valence-corrected chi connectivity index (χ4v) is 0.884. The summed E-state index contributed by atoms with van der Waals surface area (Å²) >= 11 is 0. The summed E-state index contributed by atoms with van der Waals surface area (Å²) in [5.41, 5.74) is -1.17. The van der Waals surface area contributed by atoms with Gasteiger partial charge in [0.2, 0.25) is 5.91 Å². The highest BCUT2D eigenvalue weighted by Gasteiger charge is 2.28. The summed E-state index contributed by atoms with van der Waals surface area (Å²) in [6, 6.07) is 0. The molecular formula is C10H19NO3. The van der Waals surface area contributed by atoms with Crippen molar-refractivity contribution < 1.29 is 14.7 Å². The van der Waals surface area contributed by atoms with Gasteiger partial charge in [-0.3, -0.25) is 4.79 Å². The molecule has 4 nitrogen and oxygen atoms in total. The maximum Gasteiger partial charge on any atom is 0.328 e. The summed E-state index contributed by atoms with van der Waals surface area (Å²) in [5.74, 6) is -0.768. The standard InChI is InChI=1S/C10H19NO3/c1-7(2)5-6-8(12)11-10(3,4)9(13)14/h7H,5-6H2,1-4H3,(H,11,12)(H,13,14). The summed E-state index contributed by atoms with van der Waals surface area (Å²) in [4.78, 5) is 22.0. The third kappa shape index (κ3) is 4.84. The second kappa shape index (κ2) is 4.98. The van der Waals surface area contributed by atoms with Crippen LogP contribution in [-0.4, -0.2) is 22.5 Å². The summed E-state index contributed by atoms with van der Waals surface area (Å²) in [6.07, 6.45) is 1.16. The van der Waals surface area contributed by atoms with Crippen molar-refractivity contribution in [2.75, 3.05) is 0 Å². The van der Waals surface area contributed by atoms with E-state index in [1.165, 1.54) is 13.8 Å². The molecule has 0 bridgehead atoms. The van der Waals surface area contributed by atoms with Gasteiger partial charge in [-0.05, 0) is 26.2 Å².